The van der Waals surface area contributed by atoms with Gasteiger partial charge in [0.15, 0.2) is 0 Å². The Balaban J connectivity index is 2.37. The number of nitrogens with one attached hydrogen (secondary N) is 1. The van der Waals surface area contributed by atoms with Gasteiger partial charge in [0.25, 0.3) is 0 Å². The zero-order valence-electron chi connectivity index (χ0n) is 12.8. The number of hydrogen-bond acceptors (Lipinski definition) is 2. The van der Waals surface area contributed by atoms with Crippen molar-refractivity contribution in [1.82, 2.24) is 5.32 Å². The molecule has 1 fully saturated rings. The molecule has 4 heteroatoms. The molecule has 0 bridgehead atoms. The van der Waals surface area contributed by atoms with Gasteiger partial charge in [-0.15, -0.1) is 0 Å². The number of anilines is 1. The van der Waals surface area contributed by atoms with E-state index in [2.05, 4.69) is 46.9 Å². The quantitative estimate of drug-likeness (QED) is 0.883. The molecule has 0 aromatic heterocycles. The van der Waals surface area contributed by atoms with E-state index in [0.717, 1.165) is 37.2 Å². The van der Waals surface area contributed by atoms with Crippen molar-refractivity contribution in [2.45, 2.75) is 52.1 Å². The lowest BCUT2D eigenvalue weighted by Gasteiger charge is -2.48. The van der Waals surface area contributed by atoms with Crippen molar-refractivity contribution in [2.24, 2.45) is 0 Å². The first-order chi connectivity index (χ1) is 9.42. The van der Waals surface area contributed by atoms with Crippen LogP contribution in [0.25, 0.3) is 0 Å². The van der Waals surface area contributed by atoms with Gasteiger partial charge in [0, 0.05) is 30.4 Å². The van der Waals surface area contributed by atoms with Gasteiger partial charge in [0.2, 0.25) is 0 Å². The summed E-state index contributed by atoms with van der Waals surface area (Å²) in [7, 11) is 0. The normalized spacial score (nSPS) is 22.1. The molecule has 0 spiro atoms. The molecule has 0 aliphatic carbocycles. The first-order valence-electron chi connectivity index (χ1n) is 7.39. The minimum Gasteiger partial charge on any atom is -0.365 e. The fraction of sp³-hybridized carbons (Fsp3) is 0.625. The molecule has 1 heterocycles. The van der Waals surface area contributed by atoms with Crippen LogP contribution in [-0.4, -0.2) is 24.7 Å². The molecule has 1 N–H and O–H groups in total. The SMILES string of the molecule is CCC1(CC)CN(c2cc(Br)c(F)cc2C)C(C)CN1. The van der Waals surface area contributed by atoms with Crippen LogP contribution in [0.4, 0.5) is 10.1 Å². The zero-order valence-corrected chi connectivity index (χ0v) is 14.3. The van der Waals surface area contributed by atoms with Crippen LogP contribution in [0, 0.1) is 12.7 Å². The van der Waals surface area contributed by atoms with E-state index in [1.165, 1.54) is 0 Å². The van der Waals surface area contributed by atoms with Crippen molar-refractivity contribution in [2.75, 3.05) is 18.0 Å². The maximum absolute atomic E-state index is 13.6. The fourth-order valence-corrected chi connectivity index (χ4v) is 3.33. The Morgan fingerprint density at radius 2 is 2.05 bits per heavy atom. The topological polar surface area (TPSA) is 15.3 Å². The smallest absolute Gasteiger partial charge is 0.137 e. The third kappa shape index (κ3) is 2.86. The van der Waals surface area contributed by atoms with Crippen LogP contribution in [0.15, 0.2) is 16.6 Å². The lowest BCUT2D eigenvalue weighted by Crippen LogP contribution is -2.63. The van der Waals surface area contributed by atoms with Gasteiger partial charge in [-0.1, -0.05) is 13.8 Å². The molecule has 0 saturated carbocycles. The predicted molar refractivity (Wildman–Crippen MR) is 87.0 cm³/mol. The van der Waals surface area contributed by atoms with Crippen molar-refractivity contribution in [1.29, 1.82) is 0 Å². The van der Waals surface area contributed by atoms with Crippen LogP contribution in [-0.2, 0) is 0 Å². The number of aryl methyl sites for hydroxylation is 1. The monoisotopic (exact) mass is 342 g/mol. The van der Waals surface area contributed by atoms with Gasteiger partial charge in [0.1, 0.15) is 5.82 Å². The molecule has 2 rings (SSSR count). The molecule has 20 heavy (non-hydrogen) atoms. The van der Waals surface area contributed by atoms with Crippen molar-refractivity contribution >= 4 is 21.6 Å². The highest BCUT2D eigenvalue weighted by Crippen LogP contribution is 2.32. The number of halogens is 2. The van der Waals surface area contributed by atoms with Crippen LogP contribution >= 0.6 is 15.9 Å². The summed E-state index contributed by atoms with van der Waals surface area (Å²) >= 11 is 3.31. The predicted octanol–water partition coefficient (Wildman–Crippen LogP) is 4.25. The van der Waals surface area contributed by atoms with Gasteiger partial charge in [-0.05, 0) is 60.3 Å². The Hall–Kier alpha value is -0.610. The van der Waals surface area contributed by atoms with E-state index in [1.807, 2.05) is 13.0 Å². The van der Waals surface area contributed by atoms with Gasteiger partial charge in [0.05, 0.1) is 4.47 Å². The molecular weight excluding hydrogens is 319 g/mol. The zero-order chi connectivity index (χ0) is 14.9. The van der Waals surface area contributed by atoms with Gasteiger partial charge >= 0.3 is 0 Å². The van der Waals surface area contributed by atoms with Crippen molar-refractivity contribution in [3.05, 3.63) is 28.0 Å². The Morgan fingerprint density at radius 3 is 2.65 bits per heavy atom. The van der Waals surface area contributed by atoms with E-state index in [9.17, 15) is 4.39 Å². The molecular formula is C16H24BrFN2. The summed E-state index contributed by atoms with van der Waals surface area (Å²) in [5, 5.41) is 3.70. The molecule has 112 valence electrons. The van der Waals surface area contributed by atoms with E-state index >= 15 is 0 Å². The first kappa shape index (κ1) is 15.8. The molecule has 1 saturated heterocycles. The van der Waals surface area contributed by atoms with Crippen LogP contribution in [0.3, 0.4) is 0 Å². The van der Waals surface area contributed by atoms with E-state index < -0.39 is 0 Å². The number of hydrogen-bond donors (Lipinski definition) is 1. The standard InChI is InChI=1S/C16H24BrFN2/c1-5-16(6-2)10-20(12(4)9-19-16)15-8-13(17)14(18)7-11(15)3/h7-8,12,19H,5-6,9-10H2,1-4H3. The fourth-order valence-electron chi connectivity index (χ4n) is 3.00. The minimum atomic E-state index is -0.189. The molecule has 2 nitrogen and oxygen atoms in total. The van der Waals surface area contributed by atoms with Crippen molar-refractivity contribution < 1.29 is 4.39 Å². The van der Waals surface area contributed by atoms with E-state index in [1.54, 1.807) is 6.07 Å². The molecule has 1 unspecified atom stereocenters. The minimum absolute atomic E-state index is 0.166. The van der Waals surface area contributed by atoms with Crippen LogP contribution in [0.5, 0.6) is 0 Å². The Bertz CT molecular complexity index is 486. The van der Waals surface area contributed by atoms with Gasteiger partial charge < -0.3 is 10.2 Å². The maximum Gasteiger partial charge on any atom is 0.137 e. The second-order valence-corrected chi connectivity index (χ2v) is 6.75. The largest absolute Gasteiger partial charge is 0.365 e. The lowest BCUT2D eigenvalue weighted by atomic mass is 9.88. The Labute approximate surface area is 129 Å². The molecule has 0 radical (unpaired) electrons. The summed E-state index contributed by atoms with van der Waals surface area (Å²) in [6.07, 6.45) is 2.21. The van der Waals surface area contributed by atoms with E-state index in [-0.39, 0.29) is 11.4 Å². The van der Waals surface area contributed by atoms with Gasteiger partial charge in [-0.3, -0.25) is 0 Å². The van der Waals surface area contributed by atoms with Crippen LogP contribution in [0.1, 0.15) is 39.2 Å². The van der Waals surface area contributed by atoms with Gasteiger partial charge in [-0.25, -0.2) is 4.39 Å². The highest BCUT2D eigenvalue weighted by atomic mass is 79.9. The van der Waals surface area contributed by atoms with Gasteiger partial charge in [-0.2, -0.15) is 0 Å². The highest BCUT2D eigenvalue weighted by molar-refractivity contribution is 9.10. The second-order valence-electron chi connectivity index (χ2n) is 5.90. The molecule has 1 aromatic rings. The van der Waals surface area contributed by atoms with E-state index in [0.29, 0.717) is 10.5 Å². The lowest BCUT2D eigenvalue weighted by molar-refractivity contribution is 0.253. The third-order valence-electron chi connectivity index (χ3n) is 4.68. The maximum atomic E-state index is 13.6. The summed E-state index contributed by atoms with van der Waals surface area (Å²) in [6.45, 7) is 10.6. The molecule has 0 amide bonds. The number of benzene rings is 1. The van der Waals surface area contributed by atoms with Crippen LogP contribution in [0.2, 0.25) is 0 Å². The summed E-state index contributed by atoms with van der Waals surface area (Å²) in [5.41, 5.74) is 2.30. The highest BCUT2D eigenvalue weighted by Gasteiger charge is 2.35. The average Bonchev–Trinajstić information content (AvgIpc) is 2.44. The average molecular weight is 343 g/mol. The Morgan fingerprint density at radius 1 is 1.40 bits per heavy atom. The van der Waals surface area contributed by atoms with Crippen molar-refractivity contribution in [3.63, 3.8) is 0 Å². The van der Waals surface area contributed by atoms with E-state index in [4.69, 9.17) is 0 Å². The molecule has 1 aromatic carbocycles. The molecule has 1 atom stereocenters. The van der Waals surface area contributed by atoms with Crippen molar-refractivity contribution in [3.8, 4) is 0 Å². The Kier molecular flexibility index (Phi) is 4.75. The molecule has 1 aliphatic heterocycles. The number of piperazine rings is 1. The first-order valence-corrected chi connectivity index (χ1v) is 8.19. The second kappa shape index (κ2) is 6.02. The summed E-state index contributed by atoms with van der Waals surface area (Å²) in [6, 6.07) is 3.95. The van der Waals surface area contributed by atoms with Crippen LogP contribution < -0.4 is 10.2 Å². The molecule has 1 aliphatic rings. The summed E-state index contributed by atoms with van der Waals surface area (Å²) in [4.78, 5) is 2.42. The number of nitrogens with zero attached hydrogens (tertiary/aromatic N) is 1. The summed E-state index contributed by atoms with van der Waals surface area (Å²) in [5.74, 6) is -0.189. The summed E-state index contributed by atoms with van der Waals surface area (Å²) < 4.78 is 14.2. The number of rotatable bonds is 3. The third-order valence-corrected chi connectivity index (χ3v) is 5.29.